The third-order valence-corrected chi connectivity index (χ3v) is 4.62. The van der Waals surface area contributed by atoms with E-state index in [-0.39, 0.29) is 24.0 Å². The molecule has 1 aromatic heterocycles. The third kappa shape index (κ3) is 3.94. The zero-order valence-corrected chi connectivity index (χ0v) is 15.8. The van der Waals surface area contributed by atoms with Crippen molar-refractivity contribution in [3.63, 3.8) is 0 Å². The first-order valence-electron chi connectivity index (χ1n) is 8.75. The van der Waals surface area contributed by atoms with Gasteiger partial charge in [0.1, 0.15) is 5.58 Å². The van der Waals surface area contributed by atoms with E-state index < -0.39 is 17.7 Å². The van der Waals surface area contributed by atoms with Crippen LogP contribution >= 0.6 is 0 Å². The molecule has 0 aliphatic rings. The number of likely N-dealkylation sites (N-methyl/N-ethyl adjacent to an activating group) is 1. The molecule has 1 N–H and O–H groups in total. The quantitative estimate of drug-likeness (QED) is 0.639. The van der Waals surface area contributed by atoms with Crippen LogP contribution in [0.4, 0.5) is 14.5 Å². The number of hydrogen-bond donors (Lipinski definition) is 1. The summed E-state index contributed by atoms with van der Waals surface area (Å²) in [4.78, 5) is 26.3. The second-order valence-electron chi connectivity index (χ2n) is 6.69. The van der Waals surface area contributed by atoms with E-state index in [4.69, 9.17) is 4.42 Å². The number of para-hydroxylation sites is 1. The number of carbonyl (C=O) groups excluding carboxylic acids is 2. The van der Waals surface area contributed by atoms with Crippen LogP contribution < -0.4 is 5.32 Å². The van der Waals surface area contributed by atoms with Crippen LogP contribution in [0.25, 0.3) is 11.0 Å². The molecule has 1 atom stereocenters. The van der Waals surface area contributed by atoms with Crippen molar-refractivity contribution >= 4 is 28.3 Å². The molecule has 5 nitrogen and oxygen atoms in total. The first-order chi connectivity index (χ1) is 13.3. The Bertz CT molecular complexity index is 1050. The van der Waals surface area contributed by atoms with Crippen LogP contribution in [0.2, 0.25) is 0 Å². The number of halogens is 2. The molecule has 3 rings (SSSR count). The summed E-state index contributed by atoms with van der Waals surface area (Å²) in [6, 6.07) is 10.1. The van der Waals surface area contributed by atoms with Crippen molar-refractivity contribution in [3.8, 4) is 0 Å². The molecule has 0 aliphatic heterocycles. The van der Waals surface area contributed by atoms with Crippen molar-refractivity contribution in [3.05, 3.63) is 65.4 Å². The molecule has 0 radical (unpaired) electrons. The first kappa shape index (κ1) is 19.7. The van der Waals surface area contributed by atoms with Crippen LogP contribution in [-0.2, 0) is 11.3 Å². The highest BCUT2D eigenvalue weighted by molar-refractivity contribution is 6.11. The van der Waals surface area contributed by atoms with Gasteiger partial charge in [-0.1, -0.05) is 18.2 Å². The zero-order chi connectivity index (χ0) is 20.4. The lowest BCUT2D eigenvalue weighted by Crippen LogP contribution is -2.39. The van der Waals surface area contributed by atoms with E-state index in [2.05, 4.69) is 5.32 Å². The summed E-state index contributed by atoms with van der Waals surface area (Å²) in [5.41, 5.74) is 1.38. The Labute approximate surface area is 160 Å². The van der Waals surface area contributed by atoms with Gasteiger partial charge in [-0.25, -0.2) is 8.78 Å². The Morgan fingerprint density at radius 3 is 2.54 bits per heavy atom. The Hall–Kier alpha value is -3.06. The van der Waals surface area contributed by atoms with Crippen LogP contribution in [0.3, 0.4) is 0 Å². The van der Waals surface area contributed by atoms with Crippen LogP contribution in [0, 0.1) is 11.6 Å². The third-order valence-electron chi connectivity index (χ3n) is 4.62. The van der Waals surface area contributed by atoms with Gasteiger partial charge >= 0.3 is 0 Å². The summed E-state index contributed by atoms with van der Waals surface area (Å²) in [5, 5.41) is 3.41. The highest BCUT2D eigenvalue weighted by Crippen LogP contribution is 2.31. The molecule has 146 valence electrons. The zero-order valence-electron chi connectivity index (χ0n) is 15.8. The second-order valence-corrected chi connectivity index (χ2v) is 6.69. The number of carbonyl (C=O) groups is 2. The standard InChI is InChI=1S/C21H20F2N2O3/c1-12(25(3)11-14-8-9-16(22)17(23)10-14)21(27)24-19-15-6-4-5-7-18(15)28-20(19)13(2)26/h4-10,12H,11H2,1-3H3,(H,24,27). The van der Waals surface area contributed by atoms with E-state index >= 15 is 0 Å². The molecule has 28 heavy (non-hydrogen) atoms. The lowest BCUT2D eigenvalue weighted by molar-refractivity contribution is -0.120. The fraction of sp³-hybridized carbons (Fsp3) is 0.238. The minimum Gasteiger partial charge on any atom is -0.451 e. The number of fused-ring (bicyclic) bond motifs is 1. The molecule has 1 amide bonds. The molecule has 0 saturated heterocycles. The Balaban J connectivity index is 1.78. The summed E-state index contributed by atoms with van der Waals surface area (Å²) in [5.74, 6) is -2.40. The highest BCUT2D eigenvalue weighted by atomic mass is 19.2. The SMILES string of the molecule is CC(=O)c1oc2ccccc2c1NC(=O)C(C)N(C)Cc1ccc(F)c(F)c1. The lowest BCUT2D eigenvalue weighted by Gasteiger charge is -2.24. The summed E-state index contributed by atoms with van der Waals surface area (Å²) < 4.78 is 32.0. The maximum atomic E-state index is 13.4. The Morgan fingerprint density at radius 2 is 1.86 bits per heavy atom. The van der Waals surface area contributed by atoms with E-state index in [0.717, 1.165) is 12.1 Å². The average Bonchev–Trinajstić information content (AvgIpc) is 3.03. The van der Waals surface area contributed by atoms with Gasteiger partial charge < -0.3 is 9.73 Å². The van der Waals surface area contributed by atoms with Crippen molar-refractivity contribution < 1.29 is 22.8 Å². The van der Waals surface area contributed by atoms with Crippen LogP contribution in [0.5, 0.6) is 0 Å². The number of benzene rings is 2. The van der Waals surface area contributed by atoms with Gasteiger partial charge in [0.15, 0.2) is 23.2 Å². The molecule has 0 fully saturated rings. The van der Waals surface area contributed by atoms with Crippen LogP contribution in [0.1, 0.15) is 30.0 Å². The predicted octanol–water partition coefficient (Wildman–Crippen LogP) is 4.37. The maximum absolute atomic E-state index is 13.4. The molecule has 0 spiro atoms. The second kappa shape index (κ2) is 7.90. The first-order valence-corrected chi connectivity index (χ1v) is 8.75. The van der Waals surface area contributed by atoms with Gasteiger partial charge in [-0.2, -0.15) is 0 Å². The van der Waals surface area contributed by atoms with E-state index in [1.165, 1.54) is 13.0 Å². The molecule has 1 heterocycles. The van der Waals surface area contributed by atoms with Crippen molar-refractivity contribution in [2.45, 2.75) is 26.4 Å². The van der Waals surface area contributed by atoms with Crippen molar-refractivity contribution in [2.75, 3.05) is 12.4 Å². The van der Waals surface area contributed by atoms with E-state index in [1.807, 2.05) is 0 Å². The molecular weight excluding hydrogens is 366 g/mol. The van der Waals surface area contributed by atoms with Gasteiger partial charge in [0.2, 0.25) is 5.91 Å². The smallest absolute Gasteiger partial charge is 0.241 e. The van der Waals surface area contributed by atoms with Gasteiger partial charge in [0.25, 0.3) is 0 Å². The number of rotatable bonds is 6. The monoisotopic (exact) mass is 386 g/mol. The minimum absolute atomic E-state index is 0.0880. The molecule has 2 aromatic carbocycles. The van der Waals surface area contributed by atoms with E-state index in [1.54, 1.807) is 43.1 Å². The minimum atomic E-state index is -0.932. The summed E-state index contributed by atoms with van der Waals surface area (Å²) >= 11 is 0. The highest BCUT2D eigenvalue weighted by Gasteiger charge is 2.24. The van der Waals surface area contributed by atoms with Gasteiger partial charge in [0, 0.05) is 18.9 Å². The molecule has 0 bridgehead atoms. The number of Topliss-reactive ketones (excluding diaryl/α,β-unsaturated/α-hetero) is 1. The van der Waals surface area contributed by atoms with Gasteiger partial charge in [-0.05, 0) is 43.8 Å². The molecule has 3 aromatic rings. The number of ketones is 1. The number of nitrogens with one attached hydrogen (secondary N) is 1. The van der Waals surface area contributed by atoms with Crippen LogP contribution in [-0.4, -0.2) is 29.7 Å². The fourth-order valence-electron chi connectivity index (χ4n) is 2.91. The van der Waals surface area contributed by atoms with Gasteiger partial charge in [-0.3, -0.25) is 14.5 Å². The maximum Gasteiger partial charge on any atom is 0.241 e. The molecule has 7 heteroatoms. The Kier molecular flexibility index (Phi) is 5.56. The van der Waals surface area contributed by atoms with Crippen molar-refractivity contribution in [1.82, 2.24) is 4.90 Å². The Morgan fingerprint density at radius 1 is 1.14 bits per heavy atom. The predicted molar refractivity (Wildman–Crippen MR) is 102 cm³/mol. The summed E-state index contributed by atoms with van der Waals surface area (Å²) in [6.07, 6.45) is 0. The number of amides is 1. The largest absolute Gasteiger partial charge is 0.451 e. The molecule has 0 saturated carbocycles. The van der Waals surface area contributed by atoms with Gasteiger partial charge in [0.05, 0.1) is 11.7 Å². The molecular formula is C21H20F2N2O3. The lowest BCUT2D eigenvalue weighted by atomic mass is 10.1. The fourth-order valence-corrected chi connectivity index (χ4v) is 2.91. The normalized spacial score (nSPS) is 12.4. The molecule has 1 unspecified atom stereocenters. The number of furan rings is 1. The van der Waals surface area contributed by atoms with Crippen molar-refractivity contribution in [2.24, 2.45) is 0 Å². The van der Waals surface area contributed by atoms with Crippen LogP contribution in [0.15, 0.2) is 46.9 Å². The van der Waals surface area contributed by atoms with Gasteiger partial charge in [-0.15, -0.1) is 0 Å². The van der Waals surface area contributed by atoms with E-state index in [9.17, 15) is 18.4 Å². The van der Waals surface area contributed by atoms with E-state index in [0.29, 0.717) is 22.2 Å². The van der Waals surface area contributed by atoms with Crippen molar-refractivity contribution in [1.29, 1.82) is 0 Å². The number of nitrogens with zero attached hydrogens (tertiary/aromatic N) is 1. The summed E-state index contributed by atoms with van der Waals surface area (Å²) in [7, 11) is 1.70. The topological polar surface area (TPSA) is 62.6 Å². The summed E-state index contributed by atoms with van der Waals surface area (Å²) in [6.45, 7) is 3.30. The molecule has 0 aliphatic carbocycles. The number of hydrogen-bond acceptors (Lipinski definition) is 4. The number of anilines is 1. The average molecular weight is 386 g/mol.